The third-order valence-corrected chi connectivity index (χ3v) is 6.08. The molecule has 0 unspecified atom stereocenters. The van der Waals surface area contributed by atoms with E-state index < -0.39 is 0 Å². The Bertz CT molecular complexity index is 722. The van der Waals surface area contributed by atoms with Gasteiger partial charge < -0.3 is 0 Å². The van der Waals surface area contributed by atoms with Crippen molar-refractivity contribution in [1.82, 2.24) is 19.8 Å². The van der Waals surface area contributed by atoms with E-state index in [1.165, 1.54) is 38.5 Å². The fourth-order valence-electron chi connectivity index (χ4n) is 5.64. The van der Waals surface area contributed by atoms with Crippen LogP contribution in [0.5, 0.6) is 0 Å². The highest BCUT2D eigenvalue weighted by Gasteiger charge is 2.53. The van der Waals surface area contributed by atoms with Crippen LogP contribution in [-0.4, -0.2) is 19.8 Å². The molecule has 0 spiro atoms. The Morgan fingerprint density at radius 3 is 2.09 bits per heavy atom. The van der Waals surface area contributed by atoms with Gasteiger partial charge in [0.2, 0.25) is 5.62 Å². The van der Waals surface area contributed by atoms with Crippen LogP contribution in [-0.2, 0) is 5.54 Å². The van der Waals surface area contributed by atoms with E-state index in [0.717, 1.165) is 23.4 Å². The largest absolute Gasteiger partial charge is 0.266 e. The molecular weight excluding hydrogens is 274 g/mol. The Labute approximate surface area is 129 Å². The summed E-state index contributed by atoms with van der Waals surface area (Å²) in [5.41, 5.74) is 1.41. The van der Waals surface area contributed by atoms with Crippen LogP contribution in [0.3, 0.4) is 0 Å². The van der Waals surface area contributed by atoms with E-state index in [9.17, 15) is 0 Å². The lowest BCUT2D eigenvalue weighted by molar-refractivity contribution is -0.0527. The summed E-state index contributed by atoms with van der Waals surface area (Å²) in [5, 5.41) is 17.3. The number of para-hydroxylation sites is 1. The molecule has 6 rings (SSSR count). The molecule has 1 aromatic carbocycles. The van der Waals surface area contributed by atoms with Gasteiger partial charge in [0.25, 0.3) is 0 Å². The standard InChI is InChI=1S/C17H21N5/c18-16-21(15-4-2-1-3-5-15)19-20-22(16)17-9-12-6-13(10-17)8-14(7-12)11-17/h1-5,12-14,18H,6-11H2. The second-order valence-electron chi connectivity index (χ2n) is 7.60. The molecule has 5 nitrogen and oxygen atoms in total. The molecule has 4 fully saturated rings. The van der Waals surface area contributed by atoms with Crippen LogP contribution in [0, 0.1) is 23.2 Å². The molecule has 0 aliphatic heterocycles. The molecule has 1 aromatic heterocycles. The Balaban J connectivity index is 1.60. The molecule has 0 amide bonds. The summed E-state index contributed by atoms with van der Waals surface area (Å²) >= 11 is 0. The van der Waals surface area contributed by atoms with Crippen LogP contribution in [0.15, 0.2) is 30.3 Å². The van der Waals surface area contributed by atoms with Crippen LogP contribution in [0.4, 0.5) is 0 Å². The van der Waals surface area contributed by atoms with Gasteiger partial charge in [0.15, 0.2) is 0 Å². The molecule has 0 atom stereocenters. The summed E-state index contributed by atoms with van der Waals surface area (Å²) in [6, 6.07) is 9.90. The Morgan fingerprint density at radius 2 is 1.50 bits per heavy atom. The molecule has 0 radical (unpaired) electrons. The molecule has 0 saturated heterocycles. The molecule has 4 bridgehead atoms. The first-order chi connectivity index (χ1) is 10.7. The molecule has 4 aliphatic carbocycles. The van der Waals surface area contributed by atoms with E-state index in [0.29, 0.717) is 5.62 Å². The van der Waals surface area contributed by atoms with Crippen molar-refractivity contribution >= 4 is 0 Å². The average molecular weight is 295 g/mol. The van der Waals surface area contributed by atoms with Gasteiger partial charge in [-0.05, 0) is 78.8 Å². The molecule has 4 saturated carbocycles. The van der Waals surface area contributed by atoms with E-state index in [1.807, 2.05) is 35.0 Å². The minimum atomic E-state index is 0.0683. The first-order valence-electron chi connectivity index (χ1n) is 8.39. The van der Waals surface area contributed by atoms with E-state index in [-0.39, 0.29) is 5.54 Å². The first kappa shape index (κ1) is 12.6. The number of nitrogens with one attached hydrogen (secondary N) is 1. The van der Waals surface area contributed by atoms with Crippen molar-refractivity contribution in [3.8, 4) is 5.69 Å². The third kappa shape index (κ3) is 1.68. The number of tetrazole rings is 1. The number of hydrogen-bond donors (Lipinski definition) is 1. The predicted molar refractivity (Wildman–Crippen MR) is 81.3 cm³/mol. The third-order valence-electron chi connectivity index (χ3n) is 6.08. The minimum absolute atomic E-state index is 0.0683. The minimum Gasteiger partial charge on any atom is -0.266 e. The highest BCUT2D eigenvalue weighted by Crippen LogP contribution is 2.58. The molecule has 114 valence electrons. The fourth-order valence-corrected chi connectivity index (χ4v) is 5.64. The summed E-state index contributed by atoms with van der Waals surface area (Å²) in [7, 11) is 0. The topological polar surface area (TPSA) is 59.5 Å². The van der Waals surface area contributed by atoms with Gasteiger partial charge in [-0.25, -0.2) is 4.68 Å². The van der Waals surface area contributed by atoms with Gasteiger partial charge in [0.1, 0.15) is 0 Å². The molecule has 5 heteroatoms. The Morgan fingerprint density at radius 1 is 0.909 bits per heavy atom. The van der Waals surface area contributed by atoms with E-state index in [2.05, 4.69) is 10.4 Å². The highest BCUT2D eigenvalue weighted by atomic mass is 15.6. The van der Waals surface area contributed by atoms with Gasteiger partial charge in [-0.2, -0.15) is 4.68 Å². The summed E-state index contributed by atoms with van der Waals surface area (Å²) in [5.74, 6) is 2.54. The van der Waals surface area contributed by atoms with Gasteiger partial charge >= 0.3 is 0 Å². The van der Waals surface area contributed by atoms with Crippen LogP contribution < -0.4 is 5.62 Å². The van der Waals surface area contributed by atoms with Crippen molar-refractivity contribution in [2.75, 3.05) is 0 Å². The lowest BCUT2D eigenvalue weighted by atomic mass is 9.53. The van der Waals surface area contributed by atoms with Crippen molar-refractivity contribution in [3.63, 3.8) is 0 Å². The van der Waals surface area contributed by atoms with E-state index in [4.69, 9.17) is 5.41 Å². The summed E-state index contributed by atoms with van der Waals surface area (Å²) in [6.45, 7) is 0. The summed E-state index contributed by atoms with van der Waals surface area (Å²) in [4.78, 5) is 0. The van der Waals surface area contributed by atoms with Crippen LogP contribution >= 0.6 is 0 Å². The Hall–Kier alpha value is -1.91. The van der Waals surface area contributed by atoms with E-state index in [1.54, 1.807) is 4.68 Å². The van der Waals surface area contributed by atoms with Gasteiger partial charge in [-0.1, -0.05) is 18.2 Å². The monoisotopic (exact) mass is 295 g/mol. The molecule has 2 aromatic rings. The zero-order chi connectivity index (χ0) is 14.7. The maximum Gasteiger partial charge on any atom is 0.243 e. The van der Waals surface area contributed by atoms with Gasteiger partial charge in [0, 0.05) is 0 Å². The molecular formula is C17H21N5. The number of nitrogens with zero attached hydrogens (tertiary/aromatic N) is 4. The van der Waals surface area contributed by atoms with E-state index >= 15 is 0 Å². The number of hydrogen-bond acceptors (Lipinski definition) is 3. The summed E-state index contributed by atoms with van der Waals surface area (Å²) < 4.78 is 3.61. The quantitative estimate of drug-likeness (QED) is 0.925. The summed E-state index contributed by atoms with van der Waals surface area (Å²) in [6.07, 6.45) is 7.80. The molecule has 4 aliphatic rings. The van der Waals surface area contributed by atoms with Crippen LogP contribution in [0.2, 0.25) is 0 Å². The fraction of sp³-hybridized carbons (Fsp3) is 0.588. The lowest BCUT2D eigenvalue weighted by Gasteiger charge is -2.56. The lowest BCUT2D eigenvalue weighted by Crippen LogP contribution is -2.55. The van der Waals surface area contributed by atoms with Crippen molar-refractivity contribution < 1.29 is 0 Å². The maximum absolute atomic E-state index is 8.60. The molecule has 22 heavy (non-hydrogen) atoms. The van der Waals surface area contributed by atoms with Crippen molar-refractivity contribution in [1.29, 1.82) is 5.41 Å². The Kier molecular flexibility index (Phi) is 2.47. The zero-order valence-electron chi connectivity index (χ0n) is 12.7. The normalized spacial score (nSPS) is 35.9. The maximum atomic E-state index is 8.60. The number of aromatic nitrogens is 4. The van der Waals surface area contributed by atoms with Crippen LogP contribution in [0.25, 0.3) is 5.69 Å². The molecule has 1 heterocycles. The van der Waals surface area contributed by atoms with Gasteiger partial charge in [0.05, 0.1) is 11.2 Å². The van der Waals surface area contributed by atoms with Crippen molar-refractivity contribution in [3.05, 3.63) is 36.0 Å². The second kappa shape index (κ2) is 4.31. The SMILES string of the molecule is N=c1n(-c2ccccc2)nnn1C12CC3CC(CC(C3)C1)C2. The average Bonchev–Trinajstić information content (AvgIpc) is 2.89. The smallest absolute Gasteiger partial charge is 0.243 e. The van der Waals surface area contributed by atoms with Gasteiger partial charge in [-0.15, -0.1) is 0 Å². The highest BCUT2D eigenvalue weighted by molar-refractivity contribution is 5.28. The first-order valence-corrected chi connectivity index (χ1v) is 8.39. The number of benzene rings is 1. The number of rotatable bonds is 2. The van der Waals surface area contributed by atoms with Crippen LogP contribution in [0.1, 0.15) is 38.5 Å². The molecule has 1 N–H and O–H groups in total. The van der Waals surface area contributed by atoms with Gasteiger partial charge in [-0.3, -0.25) is 5.41 Å². The zero-order valence-corrected chi connectivity index (χ0v) is 12.7. The second-order valence-corrected chi connectivity index (χ2v) is 7.60. The van der Waals surface area contributed by atoms with Crippen molar-refractivity contribution in [2.24, 2.45) is 17.8 Å². The predicted octanol–water partition coefficient (Wildman–Crippen LogP) is 2.47. The van der Waals surface area contributed by atoms with Crippen molar-refractivity contribution in [2.45, 2.75) is 44.1 Å².